The van der Waals surface area contributed by atoms with E-state index in [4.69, 9.17) is 0 Å². The van der Waals surface area contributed by atoms with Crippen molar-refractivity contribution in [1.29, 1.82) is 0 Å². The maximum atomic E-state index is 4.13. The lowest BCUT2D eigenvalue weighted by molar-refractivity contribution is -0.101. The van der Waals surface area contributed by atoms with Gasteiger partial charge in [-0.3, -0.25) is 0 Å². The van der Waals surface area contributed by atoms with E-state index in [0.717, 1.165) is 11.8 Å². The fraction of sp³-hybridized carbons (Fsp3) is 0.684. The van der Waals surface area contributed by atoms with Gasteiger partial charge in [0, 0.05) is 9.30 Å². The van der Waals surface area contributed by atoms with Gasteiger partial charge in [0.15, 0.2) is 0 Å². The third-order valence-electron chi connectivity index (χ3n) is 6.39. The predicted octanol–water partition coefficient (Wildman–Crippen LogP) is 6.36. The minimum absolute atomic E-state index is 0.575. The van der Waals surface area contributed by atoms with Crippen LogP contribution in [0.25, 0.3) is 0 Å². The Morgan fingerprint density at radius 2 is 1.71 bits per heavy atom. The molecule has 0 N–H and O–H groups in total. The van der Waals surface area contributed by atoms with E-state index in [0.29, 0.717) is 15.7 Å². The van der Waals surface area contributed by atoms with Gasteiger partial charge in [-0.15, -0.1) is 0 Å². The summed E-state index contributed by atoms with van der Waals surface area (Å²) in [7, 11) is 0. The number of rotatable bonds is 3. The van der Waals surface area contributed by atoms with E-state index >= 15 is 0 Å². The molecule has 3 atom stereocenters. The van der Waals surface area contributed by atoms with Crippen molar-refractivity contribution in [2.24, 2.45) is 22.7 Å². The number of hydrogen-bond donors (Lipinski definition) is 0. The zero-order chi connectivity index (χ0) is 14.7. The van der Waals surface area contributed by atoms with Crippen LogP contribution in [0.1, 0.15) is 51.0 Å². The van der Waals surface area contributed by atoms with E-state index in [-0.39, 0.29) is 0 Å². The zero-order valence-corrected chi connectivity index (χ0v) is 15.9. The van der Waals surface area contributed by atoms with Crippen molar-refractivity contribution in [1.82, 2.24) is 0 Å². The van der Waals surface area contributed by atoms with Gasteiger partial charge >= 0.3 is 0 Å². The predicted molar refractivity (Wildman–Crippen MR) is 95.8 cm³/mol. The highest BCUT2D eigenvalue weighted by Gasteiger charge is 2.57. The number of halogens is 2. The Kier molecular flexibility index (Phi) is 3.58. The van der Waals surface area contributed by atoms with Crippen LogP contribution in [-0.2, 0) is 6.42 Å². The van der Waals surface area contributed by atoms with Gasteiger partial charge in [0.1, 0.15) is 0 Å². The summed E-state index contributed by atoms with van der Waals surface area (Å²) in [6, 6.07) is 8.91. The van der Waals surface area contributed by atoms with E-state index in [1.807, 2.05) is 0 Å². The van der Waals surface area contributed by atoms with E-state index in [1.165, 1.54) is 55.0 Å². The third kappa shape index (κ3) is 2.65. The molecule has 2 heteroatoms. The summed E-state index contributed by atoms with van der Waals surface area (Å²) in [5.41, 5.74) is 2.70. The summed E-state index contributed by atoms with van der Waals surface area (Å²) in [6.45, 7) is 2.57. The van der Waals surface area contributed by atoms with Gasteiger partial charge in [-0.1, -0.05) is 50.9 Å². The molecule has 4 aliphatic rings. The molecule has 3 unspecified atom stereocenters. The van der Waals surface area contributed by atoms with E-state index < -0.39 is 0 Å². The molecule has 0 heterocycles. The highest BCUT2D eigenvalue weighted by atomic mass is 79.9. The average molecular weight is 412 g/mol. The van der Waals surface area contributed by atoms with Gasteiger partial charge in [0.2, 0.25) is 0 Å². The Hall–Kier alpha value is 0.180. The molecule has 0 aliphatic heterocycles. The average Bonchev–Trinajstić information content (AvgIpc) is 2.38. The lowest BCUT2D eigenvalue weighted by atomic mass is 9.44. The van der Waals surface area contributed by atoms with Crippen LogP contribution < -0.4 is 0 Å². The Bertz CT molecular complexity index is 519. The quantitative estimate of drug-likeness (QED) is 0.507. The molecular formula is C19H24Br2. The number of benzene rings is 1. The largest absolute Gasteiger partial charge is 0.0881 e. The Morgan fingerprint density at radius 1 is 1.10 bits per heavy atom. The Labute approximate surface area is 145 Å². The van der Waals surface area contributed by atoms with E-state index in [2.05, 4.69) is 63.0 Å². The van der Waals surface area contributed by atoms with Crippen LogP contribution in [0.2, 0.25) is 0 Å². The lowest BCUT2D eigenvalue weighted by Gasteiger charge is -2.63. The minimum atomic E-state index is 0.575. The fourth-order valence-electron chi connectivity index (χ4n) is 6.21. The Morgan fingerprint density at radius 3 is 2.29 bits per heavy atom. The normalized spacial score (nSPS) is 42.2. The first-order chi connectivity index (χ1) is 9.96. The van der Waals surface area contributed by atoms with Crippen LogP contribution in [0.4, 0.5) is 0 Å². The minimum Gasteiger partial charge on any atom is -0.0881 e. The summed E-state index contributed by atoms with van der Waals surface area (Å²) in [5, 5.41) is 0. The van der Waals surface area contributed by atoms with Gasteiger partial charge in [0.25, 0.3) is 0 Å². The topological polar surface area (TPSA) is 0 Å². The maximum Gasteiger partial charge on any atom is 0.0242 e. The smallest absolute Gasteiger partial charge is 0.0242 e. The summed E-state index contributed by atoms with van der Waals surface area (Å²) in [4.78, 5) is 0.649. The summed E-state index contributed by atoms with van der Waals surface area (Å²) in [6.07, 6.45) is 10.1. The van der Waals surface area contributed by atoms with E-state index in [9.17, 15) is 0 Å². The molecule has 1 aromatic carbocycles. The van der Waals surface area contributed by atoms with Crippen LogP contribution >= 0.6 is 31.9 Å². The van der Waals surface area contributed by atoms with Gasteiger partial charge in [-0.2, -0.15) is 0 Å². The summed E-state index contributed by atoms with van der Waals surface area (Å²) < 4.78 is 1.18. The van der Waals surface area contributed by atoms with Gasteiger partial charge < -0.3 is 0 Å². The molecule has 4 saturated carbocycles. The second-order valence-corrected chi connectivity index (χ2v) is 10.5. The number of hydrogen-bond acceptors (Lipinski definition) is 0. The van der Waals surface area contributed by atoms with Crippen molar-refractivity contribution in [3.8, 4) is 0 Å². The molecular weight excluding hydrogens is 388 g/mol. The van der Waals surface area contributed by atoms with Crippen molar-refractivity contribution in [3.05, 3.63) is 34.3 Å². The first kappa shape index (κ1) is 14.8. The van der Waals surface area contributed by atoms with Crippen molar-refractivity contribution >= 4 is 31.9 Å². The molecule has 114 valence electrons. The first-order valence-electron chi connectivity index (χ1n) is 8.35. The summed E-state index contributed by atoms with van der Waals surface area (Å²) >= 11 is 7.67. The maximum absolute atomic E-state index is 4.13. The SMILES string of the molecule is CC12CC3CC(C1)CC(C(Br)Cc1ccc(Br)cc1)(C3)C2. The lowest BCUT2D eigenvalue weighted by Crippen LogP contribution is -2.54. The van der Waals surface area contributed by atoms with Crippen LogP contribution in [-0.4, -0.2) is 4.83 Å². The van der Waals surface area contributed by atoms with E-state index in [1.54, 1.807) is 0 Å². The third-order valence-corrected chi connectivity index (χ3v) is 8.22. The standard InChI is InChI=1S/C19H24Br2/c1-18-8-14-6-15(9-18)11-19(10-14,12-18)17(21)7-13-2-4-16(20)5-3-13/h2-5,14-15,17H,6-12H2,1H3. The molecule has 0 radical (unpaired) electrons. The highest BCUT2D eigenvalue weighted by molar-refractivity contribution is 9.10. The van der Waals surface area contributed by atoms with Crippen molar-refractivity contribution in [3.63, 3.8) is 0 Å². The molecule has 21 heavy (non-hydrogen) atoms. The molecule has 0 saturated heterocycles. The molecule has 4 bridgehead atoms. The van der Waals surface area contributed by atoms with Gasteiger partial charge in [-0.05, 0) is 85.3 Å². The second-order valence-electron chi connectivity index (χ2n) is 8.43. The second kappa shape index (κ2) is 5.09. The fourth-order valence-corrected chi connectivity index (χ4v) is 7.38. The van der Waals surface area contributed by atoms with Crippen LogP contribution in [0, 0.1) is 22.7 Å². The van der Waals surface area contributed by atoms with Gasteiger partial charge in [0.05, 0.1) is 0 Å². The summed E-state index contributed by atoms with van der Waals surface area (Å²) in [5.74, 6) is 2.03. The number of alkyl halides is 1. The monoisotopic (exact) mass is 410 g/mol. The first-order valence-corrected chi connectivity index (χ1v) is 10.1. The molecule has 0 spiro atoms. The van der Waals surface area contributed by atoms with Crippen LogP contribution in [0.3, 0.4) is 0 Å². The molecule has 0 nitrogen and oxygen atoms in total. The van der Waals surface area contributed by atoms with Crippen molar-refractivity contribution < 1.29 is 0 Å². The molecule has 1 aromatic rings. The highest BCUT2D eigenvalue weighted by Crippen LogP contribution is 2.67. The molecule has 4 fully saturated rings. The van der Waals surface area contributed by atoms with Crippen LogP contribution in [0.15, 0.2) is 28.7 Å². The molecule has 4 aliphatic carbocycles. The van der Waals surface area contributed by atoms with Gasteiger partial charge in [-0.25, -0.2) is 0 Å². The van der Waals surface area contributed by atoms with Crippen molar-refractivity contribution in [2.75, 3.05) is 0 Å². The zero-order valence-electron chi connectivity index (χ0n) is 12.7. The molecule has 5 rings (SSSR count). The molecule has 0 amide bonds. The Balaban J connectivity index is 1.56. The van der Waals surface area contributed by atoms with Crippen molar-refractivity contribution in [2.45, 2.75) is 56.7 Å². The van der Waals surface area contributed by atoms with Crippen LogP contribution in [0.5, 0.6) is 0 Å². The molecule has 0 aromatic heterocycles.